The SMILES string of the molecule is CCC[P]C(F)(F)F. The van der Waals surface area contributed by atoms with Crippen molar-refractivity contribution < 1.29 is 13.2 Å². The quantitative estimate of drug-likeness (QED) is 0.521. The molecule has 4 heteroatoms. The lowest BCUT2D eigenvalue weighted by Crippen LogP contribution is -1.97. The van der Waals surface area contributed by atoms with Crippen LogP contribution in [0.25, 0.3) is 0 Å². The Morgan fingerprint density at radius 1 is 1.38 bits per heavy atom. The van der Waals surface area contributed by atoms with Gasteiger partial charge in [-0.25, -0.2) is 0 Å². The molecule has 0 amide bonds. The average molecular weight is 143 g/mol. The van der Waals surface area contributed by atoms with Crippen molar-refractivity contribution in [2.24, 2.45) is 0 Å². The fourth-order valence-corrected chi connectivity index (χ4v) is 0.716. The number of alkyl halides is 3. The number of rotatable bonds is 2. The molecule has 8 heavy (non-hydrogen) atoms. The minimum absolute atomic E-state index is 0.226. The van der Waals surface area contributed by atoms with Crippen LogP contribution < -0.4 is 0 Å². The molecule has 1 radical (unpaired) electrons. The van der Waals surface area contributed by atoms with Crippen LogP contribution in [0.5, 0.6) is 0 Å². The molecule has 0 aliphatic heterocycles. The Kier molecular flexibility index (Phi) is 3.38. The molecule has 0 saturated carbocycles. The Morgan fingerprint density at radius 3 is 2.00 bits per heavy atom. The van der Waals surface area contributed by atoms with Crippen LogP contribution in [0.2, 0.25) is 0 Å². The van der Waals surface area contributed by atoms with E-state index in [-0.39, 0.29) is 6.16 Å². The van der Waals surface area contributed by atoms with E-state index in [0.29, 0.717) is 6.42 Å². The highest BCUT2D eigenvalue weighted by molar-refractivity contribution is 7.39. The molecule has 0 bridgehead atoms. The van der Waals surface area contributed by atoms with Crippen molar-refractivity contribution in [3.05, 3.63) is 0 Å². The topological polar surface area (TPSA) is 0 Å². The second kappa shape index (κ2) is 3.29. The molecule has 0 heterocycles. The molecule has 0 aromatic heterocycles. The smallest absolute Gasteiger partial charge is 0.167 e. The lowest BCUT2D eigenvalue weighted by molar-refractivity contribution is -0.0370. The molecule has 0 spiro atoms. The summed E-state index contributed by atoms with van der Waals surface area (Å²) in [6.07, 6.45) is 0.824. The van der Waals surface area contributed by atoms with Gasteiger partial charge in [-0.1, -0.05) is 13.3 Å². The molecule has 0 saturated heterocycles. The summed E-state index contributed by atoms with van der Waals surface area (Å²) in [5.41, 5.74) is 0. The van der Waals surface area contributed by atoms with Crippen LogP contribution in [0.1, 0.15) is 13.3 Å². The zero-order valence-corrected chi connectivity index (χ0v) is 5.39. The van der Waals surface area contributed by atoms with Gasteiger partial charge in [0.25, 0.3) is 0 Å². The Bertz CT molecular complexity index is 58.8. The molecule has 0 atom stereocenters. The van der Waals surface area contributed by atoms with Crippen LogP contribution in [-0.4, -0.2) is 12.1 Å². The molecule has 0 aliphatic rings. The van der Waals surface area contributed by atoms with Crippen molar-refractivity contribution in [3.63, 3.8) is 0 Å². The normalized spacial score (nSPS) is 13.5. The van der Waals surface area contributed by atoms with E-state index in [1.807, 2.05) is 0 Å². The van der Waals surface area contributed by atoms with Crippen LogP contribution in [0.4, 0.5) is 13.2 Å². The van der Waals surface area contributed by atoms with Crippen molar-refractivity contribution in [3.8, 4) is 0 Å². The summed E-state index contributed by atoms with van der Waals surface area (Å²) in [5, 5.41) is 0. The highest BCUT2D eigenvalue weighted by Crippen LogP contribution is 2.36. The minimum Gasteiger partial charge on any atom is -0.167 e. The molecule has 0 aromatic rings. The van der Waals surface area contributed by atoms with Gasteiger partial charge in [0.15, 0.2) is 0 Å². The first kappa shape index (κ1) is 8.22. The Morgan fingerprint density at radius 2 is 1.88 bits per heavy atom. The maximum absolute atomic E-state index is 11.2. The largest absolute Gasteiger partial charge is 0.409 e. The maximum atomic E-state index is 11.2. The summed E-state index contributed by atoms with van der Waals surface area (Å²) < 4.78 is 33.7. The fraction of sp³-hybridized carbons (Fsp3) is 1.00. The molecular weight excluding hydrogens is 136 g/mol. The van der Waals surface area contributed by atoms with Gasteiger partial charge in [-0.2, -0.15) is 13.2 Å². The van der Waals surface area contributed by atoms with Gasteiger partial charge < -0.3 is 0 Å². The molecule has 0 fully saturated rings. The zero-order valence-electron chi connectivity index (χ0n) is 4.50. The Labute approximate surface area is 48.2 Å². The average Bonchev–Trinajstić information content (AvgIpc) is 1.59. The summed E-state index contributed by atoms with van der Waals surface area (Å²) >= 11 is 0. The highest BCUT2D eigenvalue weighted by Gasteiger charge is 2.26. The summed E-state index contributed by atoms with van der Waals surface area (Å²) in [5.74, 6) is -3.98. The Balaban J connectivity index is 3.11. The summed E-state index contributed by atoms with van der Waals surface area (Å²) in [4.78, 5) is 0. The van der Waals surface area contributed by atoms with E-state index < -0.39 is 14.5 Å². The number of halogens is 3. The second-order valence-corrected chi connectivity index (χ2v) is 2.62. The van der Waals surface area contributed by atoms with E-state index in [1.165, 1.54) is 0 Å². The monoisotopic (exact) mass is 143 g/mol. The fourth-order valence-electron chi connectivity index (χ4n) is 0.239. The third kappa shape index (κ3) is 6.22. The molecule has 0 nitrogen and oxygen atoms in total. The van der Waals surface area contributed by atoms with E-state index >= 15 is 0 Å². The lowest BCUT2D eigenvalue weighted by atomic mass is 10.6. The van der Waals surface area contributed by atoms with Gasteiger partial charge >= 0.3 is 5.92 Å². The van der Waals surface area contributed by atoms with Crippen LogP contribution >= 0.6 is 8.58 Å². The molecule has 49 valence electrons. The highest BCUT2D eigenvalue weighted by atomic mass is 31.1. The van der Waals surface area contributed by atoms with Crippen LogP contribution in [0, 0.1) is 0 Å². The molecular formula is C4H7F3P. The van der Waals surface area contributed by atoms with Crippen LogP contribution in [0.3, 0.4) is 0 Å². The van der Waals surface area contributed by atoms with Gasteiger partial charge in [-0.3, -0.25) is 0 Å². The van der Waals surface area contributed by atoms with Crippen LogP contribution in [0.15, 0.2) is 0 Å². The number of hydrogen-bond donors (Lipinski definition) is 0. The first-order chi connectivity index (χ1) is 3.56. The standard InChI is InChI=1S/C4H7F3P/c1-2-3-8-4(5,6)7/h2-3H2,1H3. The van der Waals surface area contributed by atoms with Crippen molar-refractivity contribution >= 4 is 8.58 Å². The molecule has 0 aliphatic carbocycles. The minimum atomic E-state index is -3.98. The van der Waals surface area contributed by atoms with Gasteiger partial charge in [-0.05, 0) is 6.16 Å². The third-order valence-electron chi connectivity index (χ3n) is 0.515. The first-order valence-electron chi connectivity index (χ1n) is 2.31. The van der Waals surface area contributed by atoms with Gasteiger partial charge in [0.2, 0.25) is 0 Å². The predicted octanol–water partition coefficient (Wildman–Crippen LogP) is 2.86. The third-order valence-corrected chi connectivity index (χ3v) is 1.54. The molecule has 0 N–H and O–H groups in total. The first-order valence-corrected chi connectivity index (χ1v) is 3.39. The number of hydrogen-bond acceptors (Lipinski definition) is 0. The summed E-state index contributed by atoms with van der Waals surface area (Å²) in [7, 11) is -0.412. The van der Waals surface area contributed by atoms with Gasteiger partial charge in [-0.15, -0.1) is 0 Å². The molecule has 0 rings (SSSR count). The molecule has 0 aromatic carbocycles. The lowest BCUT2D eigenvalue weighted by Gasteiger charge is -2.01. The van der Waals surface area contributed by atoms with Gasteiger partial charge in [0.05, 0.1) is 0 Å². The predicted molar refractivity (Wildman–Crippen MR) is 28.1 cm³/mol. The van der Waals surface area contributed by atoms with E-state index in [2.05, 4.69) is 0 Å². The Hall–Kier alpha value is 0.220. The van der Waals surface area contributed by atoms with Crippen molar-refractivity contribution in [1.82, 2.24) is 0 Å². The van der Waals surface area contributed by atoms with Crippen LogP contribution in [-0.2, 0) is 0 Å². The van der Waals surface area contributed by atoms with Crippen molar-refractivity contribution in [1.29, 1.82) is 0 Å². The zero-order chi connectivity index (χ0) is 6.62. The van der Waals surface area contributed by atoms with E-state index in [9.17, 15) is 13.2 Å². The summed E-state index contributed by atoms with van der Waals surface area (Å²) in [6.45, 7) is 1.73. The summed E-state index contributed by atoms with van der Waals surface area (Å²) in [6, 6.07) is 0. The van der Waals surface area contributed by atoms with Crippen molar-refractivity contribution in [2.75, 3.05) is 6.16 Å². The van der Waals surface area contributed by atoms with Crippen molar-refractivity contribution in [2.45, 2.75) is 19.3 Å². The second-order valence-electron chi connectivity index (χ2n) is 1.35. The van der Waals surface area contributed by atoms with E-state index in [1.54, 1.807) is 6.92 Å². The maximum Gasteiger partial charge on any atom is 0.409 e. The van der Waals surface area contributed by atoms with Gasteiger partial charge in [0.1, 0.15) is 0 Å². The van der Waals surface area contributed by atoms with E-state index in [4.69, 9.17) is 0 Å². The molecule has 0 unspecified atom stereocenters. The van der Waals surface area contributed by atoms with E-state index in [0.717, 1.165) is 0 Å². The van der Waals surface area contributed by atoms with Gasteiger partial charge in [0, 0.05) is 8.58 Å².